The third-order valence-electron chi connectivity index (χ3n) is 2.36. The molecule has 0 aromatic heterocycles. The van der Waals surface area contributed by atoms with Gasteiger partial charge in [-0.15, -0.1) is 0 Å². The molecule has 0 aliphatic carbocycles. The molecular weight excluding hydrogens is 128 g/mol. The average molecular weight is 142 g/mol. The van der Waals surface area contributed by atoms with Gasteiger partial charge in [0.05, 0.1) is 24.4 Å². The van der Waals surface area contributed by atoms with E-state index in [0.29, 0.717) is 24.4 Å². The summed E-state index contributed by atoms with van der Waals surface area (Å²) in [6.45, 7) is 4.23. The summed E-state index contributed by atoms with van der Waals surface area (Å²) in [7, 11) is 0. The van der Waals surface area contributed by atoms with E-state index in [-0.39, 0.29) is 0 Å². The highest BCUT2D eigenvalue weighted by molar-refractivity contribution is 4.88. The fourth-order valence-corrected chi connectivity index (χ4v) is 1.95. The van der Waals surface area contributed by atoms with Crippen molar-refractivity contribution in [2.45, 2.75) is 51.1 Å². The lowest BCUT2D eigenvalue weighted by Crippen LogP contribution is -2.13. The van der Waals surface area contributed by atoms with E-state index in [1.807, 2.05) is 0 Å². The minimum absolute atomic E-state index is 0.407. The summed E-state index contributed by atoms with van der Waals surface area (Å²) in [6, 6.07) is 0. The molecule has 0 N–H and O–H groups in total. The highest BCUT2D eigenvalue weighted by atomic mass is 16.6. The van der Waals surface area contributed by atoms with Crippen LogP contribution in [0.2, 0.25) is 0 Å². The molecular formula is C8H14O2. The van der Waals surface area contributed by atoms with Crippen molar-refractivity contribution >= 4 is 0 Å². The van der Waals surface area contributed by atoms with E-state index in [4.69, 9.17) is 9.47 Å². The lowest BCUT2D eigenvalue weighted by Gasteiger charge is -2.06. The van der Waals surface area contributed by atoms with Gasteiger partial charge in [-0.3, -0.25) is 0 Å². The minimum Gasteiger partial charge on any atom is -0.372 e. The third kappa shape index (κ3) is 0.956. The number of hydrogen-bond acceptors (Lipinski definition) is 2. The van der Waals surface area contributed by atoms with E-state index in [9.17, 15) is 0 Å². The molecule has 2 rings (SSSR count). The first-order valence-corrected chi connectivity index (χ1v) is 4.06. The molecule has 2 aliphatic rings. The third-order valence-corrected chi connectivity index (χ3v) is 2.36. The molecule has 2 heterocycles. The van der Waals surface area contributed by atoms with Gasteiger partial charge in [0.2, 0.25) is 0 Å². The zero-order chi connectivity index (χ0) is 7.14. The number of ether oxygens (including phenoxy) is 2. The van der Waals surface area contributed by atoms with Crippen molar-refractivity contribution in [1.82, 2.24) is 0 Å². The Morgan fingerprint density at radius 1 is 0.900 bits per heavy atom. The second-order valence-electron chi connectivity index (χ2n) is 3.44. The van der Waals surface area contributed by atoms with Crippen molar-refractivity contribution in [3.63, 3.8) is 0 Å². The topological polar surface area (TPSA) is 18.5 Å². The van der Waals surface area contributed by atoms with E-state index in [1.54, 1.807) is 0 Å². The van der Waals surface area contributed by atoms with Crippen molar-refractivity contribution in [2.24, 2.45) is 0 Å². The van der Waals surface area contributed by atoms with Crippen molar-refractivity contribution < 1.29 is 9.47 Å². The van der Waals surface area contributed by atoms with Crippen LogP contribution in [0.5, 0.6) is 0 Å². The number of rotatable bonds is 0. The Balaban J connectivity index is 2.00. The van der Waals surface area contributed by atoms with Gasteiger partial charge < -0.3 is 9.47 Å². The van der Waals surface area contributed by atoms with Gasteiger partial charge >= 0.3 is 0 Å². The van der Waals surface area contributed by atoms with E-state index < -0.39 is 0 Å². The van der Waals surface area contributed by atoms with Crippen LogP contribution in [0, 0.1) is 0 Å². The van der Waals surface area contributed by atoms with Crippen LogP contribution in [-0.2, 0) is 9.47 Å². The summed E-state index contributed by atoms with van der Waals surface area (Å²) in [6.07, 6.45) is 3.84. The Morgan fingerprint density at radius 2 is 1.30 bits per heavy atom. The molecule has 0 saturated carbocycles. The van der Waals surface area contributed by atoms with E-state index in [2.05, 4.69) is 13.8 Å². The number of hydrogen-bond donors (Lipinski definition) is 0. The Hall–Kier alpha value is -0.0800. The Bertz CT molecular complexity index is 107. The van der Waals surface area contributed by atoms with Crippen LogP contribution >= 0.6 is 0 Å². The molecule has 0 aromatic rings. The molecule has 10 heavy (non-hydrogen) atoms. The van der Waals surface area contributed by atoms with Gasteiger partial charge in [0.25, 0.3) is 0 Å². The zero-order valence-corrected chi connectivity index (χ0v) is 6.54. The van der Waals surface area contributed by atoms with Gasteiger partial charge in [0.15, 0.2) is 0 Å². The first-order chi connectivity index (χ1) is 4.75. The maximum atomic E-state index is 5.63. The molecule has 0 radical (unpaired) electrons. The standard InChI is InChI=1S/C8H14O2/c1-5-3-7-8(9-5)4-6(2)10-7/h5-8H,3-4H2,1-2H3. The highest BCUT2D eigenvalue weighted by Gasteiger charge is 2.40. The summed E-state index contributed by atoms with van der Waals surface area (Å²) >= 11 is 0. The summed E-state index contributed by atoms with van der Waals surface area (Å²) in [4.78, 5) is 0. The van der Waals surface area contributed by atoms with E-state index in [1.165, 1.54) is 0 Å². The molecule has 2 fully saturated rings. The maximum Gasteiger partial charge on any atom is 0.0866 e. The van der Waals surface area contributed by atoms with E-state index in [0.717, 1.165) is 12.8 Å². The van der Waals surface area contributed by atoms with Gasteiger partial charge in [-0.25, -0.2) is 0 Å². The SMILES string of the molecule is CC1CC2OC(C)CC2O1. The average Bonchev–Trinajstić information content (AvgIpc) is 2.21. The quantitative estimate of drug-likeness (QED) is 0.508. The molecule has 4 unspecified atom stereocenters. The molecule has 2 saturated heterocycles. The fourth-order valence-electron chi connectivity index (χ4n) is 1.95. The number of fused-ring (bicyclic) bond motifs is 1. The Labute approximate surface area is 61.5 Å². The largest absolute Gasteiger partial charge is 0.372 e. The van der Waals surface area contributed by atoms with Crippen LogP contribution in [0.15, 0.2) is 0 Å². The van der Waals surface area contributed by atoms with E-state index >= 15 is 0 Å². The van der Waals surface area contributed by atoms with Crippen molar-refractivity contribution in [3.05, 3.63) is 0 Å². The lowest BCUT2D eigenvalue weighted by molar-refractivity contribution is 0.0404. The molecule has 58 valence electrons. The molecule has 4 atom stereocenters. The zero-order valence-electron chi connectivity index (χ0n) is 6.54. The van der Waals surface area contributed by atoms with Gasteiger partial charge in [0.1, 0.15) is 0 Å². The summed E-state index contributed by atoms with van der Waals surface area (Å²) in [5, 5.41) is 0. The molecule has 0 aromatic carbocycles. The van der Waals surface area contributed by atoms with Crippen LogP contribution in [0.1, 0.15) is 26.7 Å². The molecule has 0 bridgehead atoms. The second kappa shape index (κ2) is 2.21. The smallest absolute Gasteiger partial charge is 0.0866 e. The molecule has 0 amide bonds. The molecule has 2 nitrogen and oxygen atoms in total. The van der Waals surface area contributed by atoms with Crippen LogP contribution in [-0.4, -0.2) is 24.4 Å². The monoisotopic (exact) mass is 142 g/mol. The first-order valence-electron chi connectivity index (χ1n) is 4.06. The summed E-state index contributed by atoms with van der Waals surface area (Å²) < 4.78 is 11.3. The van der Waals surface area contributed by atoms with Gasteiger partial charge in [-0.2, -0.15) is 0 Å². The molecule has 2 aliphatic heterocycles. The van der Waals surface area contributed by atoms with Crippen LogP contribution < -0.4 is 0 Å². The Morgan fingerprint density at radius 3 is 1.70 bits per heavy atom. The van der Waals surface area contributed by atoms with Crippen molar-refractivity contribution in [1.29, 1.82) is 0 Å². The fraction of sp³-hybridized carbons (Fsp3) is 1.00. The Kier molecular flexibility index (Phi) is 1.46. The van der Waals surface area contributed by atoms with Crippen LogP contribution in [0.4, 0.5) is 0 Å². The van der Waals surface area contributed by atoms with Crippen LogP contribution in [0.25, 0.3) is 0 Å². The summed E-state index contributed by atoms with van der Waals surface area (Å²) in [5.41, 5.74) is 0. The second-order valence-corrected chi connectivity index (χ2v) is 3.44. The minimum atomic E-state index is 0.407. The maximum absolute atomic E-state index is 5.63. The van der Waals surface area contributed by atoms with Gasteiger partial charge in [-0.1, -0.05) is 0 Å². The first kappa shape index (κ1) is 6.62. The molecule has 2 heteroatoms. The van der Waals surface area contributed by atoms with Crippen LogP contribution in [0.3, 0.4) is 0 Å². The molecule has 0 spiro atoms. The van der Waals surface area contributed by atoms with Gasteiger partial charge in [-0.05, 0) is 13.8 Å². The van der Waals surface area contributed by atoms with Gasteiger partial charge in [0, 0.05) is 12.8 Å². The normalized spacial score (nSPS) is 53.4. The predicted octanol–water partition coefficient (Wildman–Crippen LogP) is 1.34. The lowest BCUT2D eigenvalue weighted by atomic mass is 10.1. The predicted molar refractivity (Wildman–Crippen MR) is 37.9 cm³/mol. The van der Waals surface area contributed by atoms with Crippen molar-refractivity contribution in [3.8, 4) is 0 Å². The van der Waals surface area contributed by atoms with Crippen molar-refractivity contribution in [2.75, 3.05) is 0 Å². The highest BCUT2D eigenvalue weighted by Crippen LogP contribution is 2.33. The summed E-state index contributed by atoms with van der Waals surface area (Å²) in [5.74, 6) is 0.